The van der Waals surface area contributed by atoms with Gasteiger partial charge >= 0.3 is 5.97 Å². The lowest BCUT2D eigenvalue weighted by molar-refractivity contribution is -0.132. The molecule has 188 valence electrons. The largest absolute Gasteiger partial charge is 0.478 e. The lowest BCUT2D eigenvalue weighted by Crippen LogP contribution is -2.25. The fourth-order valence-electron chi connectivity index (χ4n) is 2.69. The SMILES string of the molecule is C=C/C(C)=C(\C=C\OC1=NC/C=C(Cl)\C(C(C=C)C/C=C(\C)C(C)(C)O)=C/CN1)C(=O)O.CC. The molecule has 1 heterocycles. The van der Waals surface area contributed by atoms with Gasteiger partial charge in [-0.2, -0.15) is 0 Å². The highest BCUT2D eigenvalue weighted by Crippen LogP contribution is 2.28. The number of carboxylic acid groups (broad SMARTS) is 1. The van der Waals surface area contributed by atoms with Crippen LogP contribution in [-0.4, -0.2) is 40.9 Å². The van der Waals surface area contributed by atoms with E-state index in [-0.39, 0.29) is 24.1 Å². The number of aliphatic carboxylic acids is 1. The highest BCUT2D eigenvalue weighted by atomic mass is 35.5. The van der Waals surface area contributed by atoms with Crippen LogP contribution in [0.5, 0.6) is 0 Å². The van der Waals surface area contributed by atoms with Gasteiger partial charge in [0, 0.05) is 17.5 Å². The van der Waals surface area contributed by atoms with Crippen molar-refractivity contribution in [3.63, 3.8) is 0 Å². The lowest BCUT2D eigenvalue weighted by atomic mass is 9.91. The summed E-state index contributed by atoms with van der Waals surface area (Å²) >= 11 is 6.53. The summed E-state index contributed by atoms with van der Waals surface area (Å²) in [4.78, 5) is 15.6. The maximum atomic E-state index is 11.3. The molecule has 1 rings (SSSR count). The first-order valence-electron chi connectivity index (χ1n) is 11.3. The molecule has 0 amide bonds. The van der Waals surface area contributed by atoms with Gasteiger partial charge < -0.3 is 20.3 Å². The number of carboxylic acids is 1. The van der Waals surface area contributed by atoms with Crippen LogP contribution in [0.1, 0.15) is 48.0 Å². The zero-order chi connectivity index (χ0) is 26.3. The molecule has 0 spiro atoms. The first-order chi connectivity index (χ1) is 16.0. The Morgan fingerprint density at radius 3 is 2.50 bits per heavy atom. The van der Waals surface area contributed by atoms with Gasteiger partial charge in [0.1, 0.15) is 0 Å². The zero-order valence-corrected chi connectivity index (χ0v) is 21.9. The third kappa shape index (κ3) is 10.9. The van der Waals surface area contributed by atoms with E-state index in [0.29, 0.717) is 23.6 Å². The molecule has 0 bridgehead atoms. The van der Waals surface area contributed by atoms with Crippen molar-refractivity contribution < 1.29 is 19.7 Å². The monoisotopic (exact) mass is 490 g/mol. The standard InChI is InChI=1S/C25H33ClN2O4.C2H6/c1-7-17(3)20(23(29)30)13-16-32-24-27-14-11-21(22(26)12-15-28-24)19(8-2)10-9-18(4)25(5,6)31;1-2/h7-9,11-13,16,19,31H,1-2,10,14-15H2,3-6H3,(H,27,28)(H,29,30);1-2H3/b16-13+,18-9+,20-17+,21-11-,22-12+;. The molecule has 1 aliphatic heterocycles. The minimum atomic E-state index is -1.07. The maximum Gasteiger partial charge on any atom is 0.336 e. The molecule has 3 N–H and O–H groups in total. The number of aliphatic hydroxyl groups is 1. The summed E-state index contributed by atoms with van der Waals surface area (Å²) in [7, 11) is 0. The van der Waals surface area contributed by atoms with Gasteiger partial charge in [0.25, 0.3) is 6.02 Å². The Balaban J connectivity index is 0.00000529. The Morgan fingerprint density at radius 2 is 1.97 bits per heavy atom. The zero-order valence-electron chi connectivity index (χ0n) is 21.2. The quantitative estimate of drug-likeness (QED) is 0.158. The molecule has 0 fully saturated rings. The molecule has 0 saturated carbocycles. The fourth-order valence-corrected chi connectivity index (χ4v) is 2.97. The Kier molecular flexibility index (Phi) is 14.6. The third-order valence-electron chi connectivity index (χ3n) is 5.06. The molecule has 1 aliphatic rings. The van der Waals surface area contributed by atoms with Gasteiger partial charge in [0.15, 0.2) is 0 Å². The Bertz CT molecular complexity index is 900. The number of allylic oxidation sites excluding steroid dienone is 6. The van der Waals surface area contributed by atoms with Gasteiger partial charge in [-0.05, 0) is 63.0 Å². The molecule has 0 aromatic heterocycles. The summed E-state index contributed by atoms with van der Waals surface area (Å²) in [5.74, 6) is -1.11. The number of rotatable bonds is 9. The number of halogens is 1. The van der Waals surface area contributed by atoms with Gasteiger partial charge in [-0.15, -0.1) is 6.58 Å². The molecule has 0 aromatic rings. The van der Waals surface area contributed by atoms with Gasteiger partial charge in [0.2, 0.25) is 0 Å². The minimum Gasteiger partial charge on any atom is -0.478 e. The number of hydrogen-bond donors (Lipinski definition) is 3. The summed E-state index contributed by atoms with van der Waals surface area (Å²) in [5.41, 5.74) is 1.50. The van der Waals surface area contributed by atoms with Crippen molar-refractivity contribution in [1.29, 1.82) is 0 Å². The van der Waals surface area contributed by atoms with Crippen LogP contribution in [0, 0.1) is 5.92 Å². The average molecular weight is 491 g/mol. The number of hydrogen-bond acceptors (Lipinski definition) is 5. The van der Waals surface area contributed by atoms with Crippen LogP contribution < -0.4 is 5.32 Å². The van der Waals surface area contributed by atoms with Crippen molar-refractivity contribution in [2.75, 3.05) is 13.1 Å². The first kappa shape index (κ1) is 31.2. The van der Waals surface area contributed by atoms with E-state index in [1.807, 2.05) is 39.0 Å². The molecule has 1 atom stereocenters. The van der Waals surface area contributed by atoms with Crippen molar-refractivity contribution in [2.45, 2.75) is 53.6 Å². The van der Waals surface area contributed by atoms with Crippen molar-refractivity contribution in [3.8, 4) is 0 Å². The molecule has 1 unspecified atom stereocenters. The summed E-state index contributed by atoms with van der Waals surface area (Å²) in [6.45, 7) is 19.2. The van der Waals surface area contributed by atoms with E-state index < -0.39 is 11.6 Å². The lowest BCUT2D eigenvalue weighted by Gasteiger charge is -2.20. The van der Waals surface area contributed by atoms with Crippen molar-refractivity contribution in [3.05, 3.63) is 83.2 Å². The molecular weight excluding hydrogens is 452 g/mol. The highest BCUT2D eigenvalue weighted by molar-refractivity contribution is 6.32. The van der Waals surface area contributed by atoms with Gasteiger partial charge in [0.05, 0.1) is 24.0 Å². The van der Waals surface area contributed by atoms with E-state index in [4.69, 9.17) is 16.3 Å². The third-order valence-corrected chi connectivity index (χ3v) is 5.43. The maximum absolute atomic E-state index is 11.3. The predicted molar refractivity (Wildman–Crippen MR) is 143 cm³/mol. The van der Waals surface area contributed by atoms with E-state index in [0.717, 1.165) is 11.1 Å². The molecule has 7 heteroatoms. The summed E-state index contributed by atoms with van der Waals surface area (Å²) in [5, 5.41) is 23.0. The smallest absolute Gasteiger partial charge is 0.336 e. The summed E-state index contributed by atoms with van der Waals surface area (Å²) in [6.07, 6.45) is 12.3. The van der Waals surface area contributed by atoms with E-state index in [9.17, 15) is 15.0 Å². The van der Waals surface area contributed by atoms with Crippen LogP contribution in [0.25, 0.3) is 0 Å². The topological polar surface area (TPSA) is 91.2 Å². The number of aliphatic imine (C=N–C) groups is 1. The highest BCUT2D eigenvalue weighted by Gasteiger charge is 2.18. The van der Waals surface area contributed by atoms with Gasteiger partial charge in [-0.25, -0.2) is 9.79 Å². The summed E-state index contributed by atoms with van der Waals surface area (Å²) < 4.78 is 5.49. The molecule has 0 aliphatic carbocycles. The first-order valence-corrected chi connectivity index (χ1v) is 11.6. The molecule has 0 radical (unpaired) electrons. The Morgan fingerprint density at radius 1 is 1.32 bits per heavy atom. The van der Waals surface area contributed by atoms with Gasteiger partial charge in [-0.3, -0.25) is 0 Å². The molecule has 6 nitrogen and oxygen atoms in total. The second-order valence-electron chi connectivity index (χ2n) is 7.79. The second kappa shape index (κ2) is 15.9. The number of ether oxygens (including phenoxy) is 1. The number of nitrogens with one attached hydrogen (secondary N) is 1. The van der Waals surface area contributed by atoms with E-state index >= 15 is 0 Å². The molecule has 34 heavy (non-hydrogen) atoms. The Labute approximate surface area is 209 Å². The number of carbonyl (C=O) groups is 1. The predicted octanol–water partition coefficient (Wildman–Crippen LogP) is 6.05. The molecular formula is C27H39ClN2O4. The van der Waals surface area contributed by atoms with Crippen LogP contribution >= 0.6 is 11.6 Å². The fraction of sp³-hybridized carbons (Fsp3) is 0.407. The van der Waals surface area contributed by atoms with E-state index in [1.54, 1.807) is 26.8 Å². The van der Waals surface area contributed by atoms with Crippen LogP contribution in [0.4, 0.5) is 0 Å². The molecule has 0 aromatic carbocycles. The normalized spacial score (nSPS) is 19.6. The van der Waals surface area contributed by atoms with Gasteiger partial charge in [-0.1, -0.05) is 56.3 Å². The van der Waals surface area contributed by atoms with Crippen molar-refractivity contribution in [2.24, 2.45) is 10.9 Å². The van der Waals surface area contributed by atoms with Crippen molar-refractivity contribution in [1.82, 2.24) is 5.32 Å². The molecule has 0 saturated heterocycles. The second-order valence-corrected chi connectivity index (χ2v) is 8.20. The minimum absolute atomic E-state index is 0.0367. The summed E-state index contributed by atoms with van der Waals surface area (Å²) in [6, 6.07) is 0.244. The van der Waals surface area contributed by atoms with E-state index in [2.05, 4.69) is 23.5 Å². The van der Waals surface area contributed by atoms with Crippen LogP contribution in [-0.2, 0) is 9.53 Å². The number of nitrogens with zero attached hydrogens (tertiary/aromatic N) is 1. The van der Waals surface area contributed by atoms with Crippen LogP contribution in [0.15, 0.2) is 88.2 Å². The number of amidine groups is 1. The van der Waals surface area contributed by atoms with Crippen LogP contribution in [0.3, 0.4) is 0 Å². The average Bonchev–Trinajstić information content (AvgIpc) is 2.88. The van der Waals surface area contributed by atoms with Crippen molar-refractivity contribution >= 4 is 23.6 Å². The Hall–Kier alpha value is -2.83. The van der Waals surface area contributed by atoms with Crippen LogP contribution in [0.2, 0.25) is 0 Å². The van der Waals surface area contributed by atoms with E-state index in [1.165, 1.54) is 18.4 Å².